The molecule has 0 heterocycles. The maximum absolute atomic E-state index is 9.86. The first-order valence-corrected chi connectivity index (χ1v) is 5.29. The third-order valence-corrected chi connectivity index (χ3v) is 3.32. The topological polar surface area (TPSA) is 32.3 Å². The maximum Gasteiger partial charge on any atom is 0.0771 e. The molecule has 0 aliphatic heterocycles. The monoisotopic (exact) mass is 185 g/mol. The highest BCUT2D eigenvalue weighted by Gasteiger charge is 2.35. The molecule has 2 heteroatoms. The zero-order chi connectivity index (χ0) is 10.1. The molecule has 1 fully saturated rings. The number of hydrogen-bond acceptors (Lipinski definition) is 2. The van der Waals surface area contributed by atoms with Crippen molar-refractivity contribution in [1.29, 1.82) is 0 Å². The lowest BCUT2D eigenvalue weighted by Crippen LogP contribution is -2.50. The number of nitrogens with one attached hydrogen (secondary N) is 1. The van der Waals surface area contributed by atoms with Crippen molar-refractivity contribution < 1.29 is 5.11 Å². The van der Waals surface area contributed by atoms with Gasteiger partial charge < -0.3 is 10.4 Å². The van der Waals surface area contributed by atoms with E-state index < -0.39 is 0 Å². The molecule has 0 saturated heterocycles. The van der Waals surface area contributed by atoms with Crippen molar-refractivity contribution in [3.8, 4) is 0 Å². The molecular weight excluding hydrogens is 162 g/mol. The van der Waals surface area contributed by atoms with Gasteiger partial charge in [0, 0.05) is 12.6 Å². The molecule has 1 rings (SSSR count). The van der Waals surface area contributed by atoms with E-state index in [0.29, 0.717) is 6.04 Å². The Balaban J connectivity index is 2.26. The predicted molar refractivity (Wildman–Crippen MR) is 55.7 cm³/mol. The highest BCUT2D eigenvalue weighted by molar-refractivity contribution is 4.91. The molecule has 2 N–H and O–H groups in total. The molecular formula is C11H23NO. The molecule has 0 radical (unpaired) electrons. The van der Waals surface area contributed by atoms with Crippen LogP contribution in [0, 0.1) is 5.41 Å². The van der Waals surface area contributed by atoms with E-state index in [2.05, 4.69) is 33.0 Å². The van der Waals surface area contributed by atoms with Crippen molar-refractivity contribution in [2.24, 2.45) is 5.41 Å². The molecule has 1 aliphatic carbocycles. The van der Waals surface area contributed by atoms with E-state index in [-0.39, 0.29) is 11.0 Å². The number of hydrogen-bond donors (Lipinski definition) is 2. The zero-order valence-corrected chi connectivity index (χ0v) is 9.35. The van der Waals surface area contributed by atoms with Crippen molar-refractivity contribution in [2.75, 3.05) is 6.54 Å². The van der Waals surface area contributed by atoms with Crippen molar-refractivity contribution in [3.05, 3.63) is 0 Å². The predicted octanol–water partition coefficient (Wildman–Crippen LogP) is 1.93. The zero-order valence-electron chi connectivity index (χ0n) is 9.35. The Hall–Kier alpha value is -0.0800. The smallest absolute Gasteiger partial charge is 0.0771 e. The van der Waals surface area contributed by atoms with E-state index in [1.165, 1.54) is 6.42 Å². The normalized spacial score (nSPS) is 23.8. The van der Waals surface area contributed by atoms with Crippen LogP contribution in [-0.4, -0.2) is 23.3 Å². The summed E-state index contributed by atoms with van der Waals surface area (Å²) in [6, 6.07) is 0.456. The fourth-order valence-corrected chi connectivity index (χ4v) is 1.41. The molecule has 0 aromatic rings. The van der Waals surface area contributed by atoms with Crippen molar-refractivity contribution >= 4 is 0 Å². The van der Waals surface area contributed by atoms with Crippen molar-refractivity contribution in [3.63, 3.8) is 0 Å². The molecule has 13 heavy (non-hydrogen) atoms. The van der Waals surface area contributed by atoms with E-state index in [1.807, 2.05) is 0 Å². The standard InChI is InChI=1S/C11H23NO/c1-9(10(2,3)4)12-8-11(13)6-5-7-11/h9,12-13H,5-8H2,1-4H3. The number of aliphatic hydroxyl groups is 1. The van der Waals surface area contributed by atoms with Crippen molar-refractivity contribution in [1.82, 2.24) is 5.32 Å². The van der Waals surface area contributed by atoms with Gasteiger partial charge in [-0.05, 0) is 31.6 Å². The van der Waals surface area contributed by atoms with Gasteiger partial charge in [-0.15, -0.1) is 0 Å². The van der Waals surface area contributed by atoms with Gasteiger partial charge in [0.1, 0.15) is 0 Å². The highest BCUT2D eigenvalue weighted by Crippen LogP contribution is 2.31. The van der Waals surface area contributed by atoms with E-state index in [4.69, 9.17) is 0 Å². The SMILES string of the molecule is CC(NCC1(O)CCC1)C(C)(C)C. The molecule has 1 aliphatic rings. The summed E-state index contributed by atoms with van der Waals surface area (Å²) in [5, 5.41) is 13.3. The van der Waals surface area contributed by atoms with Gasteiger partial charge in [0.15, 0.2) is 0 Å². The summed E-state index contributed by atoms with van der Waals surface area (Å²) >= 11 is 0. The average Bonchev–Trinajstić information content (AvgIpc) is 1.94. The summed E-state index contributed by atoms with van der Waals surface area (Å²) in [5.74, 6) is 0. The first kappa shape index (κ1) is 11.0. The Kier molecular flexibility index (Phi) is 3.03. The van der Waals surface area contributed by atoms with Gasteiger partial charge in [0.2, 0.25) is 0 Å². The lowest BCUT2D eigenvalue weighted by Gasteiger charge is -2.39. The Bertz CT molecular complexity index is 167. The molecule has 0 aromatic heterocycles. The van der Waals surface area contributed by atoms with Gasteiger partial charge in [0.25, 0.3) is 0 Å². The Morgan fingerprint density at radius 2 is 1.92 bits per heavy atom. The second-order valence-electron chi connectivity index (χ2n) is 5.55. The molecule has 1 saturated carbocycles. The van der Waals surface area contributed by atoms with Gasteiger partial charge in [0.05, 0.1) is 5.60 Å². The van der Waals surface area contributed by atoms with E-state index in [9.17, 15) is 5.11 Å². The highest BCUT2D eigenvalue weighted by atomic mass is 16.3. The van der Waals surface area contributed by atoms with Gasteiger partial charge in [-0.2, -0.15) is 0 Å². The summed E-state index contributed by atoms with van der Waals surface area (Å²) in [5.41, 5.74) is -0.111. The third kappa shape index (κ3) is 2.96. The van der Waals surface area contributed by atoms with Crippen LogP contribution >= 0.6 is 0 Å². The van der Waals surface area contributed by atoms with Crippen molar-refractivity contribution in [2.45, 2.75) is 58.6 Å². The van der Waals surface area contributed by atoms with Crippen LogP contribution in [0.15, 0.2) is 0 Å². The molecule has 0 aromatic carbocycles. The molecule has 2 nitrogen and oxygen atoms in total. The van der Waals surface area contributed by atoms with Crippen LogP contribution in [0.3, 0.4) is 0 Å². The molecule has 1 unspecified atom stereocenters. The van der Waals surface area contributed by atoms with Crippen LogP contribution in [0.1, 0.15) is 47.0 Å². The van der Waals surface area contributed by atoms with Gasteiger partial charge in [-0.3, -0.25) is 0 Å². The third-order valence-electron chi connectivity index (χ3n) is 3.32. The molecule has 0 amide bonds. The maximum atomic E-state index is 9.86. The number of rotatable bonds is 3. The fourth-order valence-electron chi connectivity index (χ4n) is 1.41. The quantitative estimate of drug-likeness (QED) is 0.704. The summed E-state index contributed by atoms with van der Waals surface area (Å²) in [6.07, 6.45) is 3.12. The molecule has 1 atom stereocenters. The minimum absolute atomic E-state index is 0.278. The molecule has 78 valence electrons. The van der Waals surface area contributed by atoms with Crippen LogP contribution in [0.2, 0.25) is 0 Å². The van der Waals surface area contributed by atoms with Gasteiger partial charge in [-0.25, -0.2) is 0 Å². The van der Waals surface area contributed by atoms with E-state index in [0.717, 1.165) is 19.4 Å². The van der Waals surface area contributed by atoms with Gasteiger partial charge in [-0.1, -0.05) is 20.8 Å². The molecule has 0 bridgehead atoms. The Morgan fingerprint density at radius 1 is 1.38 bits per heavy atom. The lowest BCUT2D eigenvalue weighted by atomic mass is 9.79. The molecule has 0 spiro atoms. The first-order chi connectivity index (χ1) is 5.83. The Labute approximate surface area is 81.7 Å². The fraction of sp³-hybridized carbons (Fsp3) is 1.00. The lowest BCUT2D eigenvalue weighted by molar-refractivity contribution is -0.0351. The average molecular weight is 185 g/mol. The first-order valence-electron chi connectivity index (χ1n) is 5.29. The Morgan fingerprint density at radius 3 is 2.23 bits per heavy atom. The summed E-state index contributed by atoms with van der Waals surface area (Å²) in [7, 11) is 0. The van der Waals surface area contributed by atoms with Gasteiger partial charge >= 0.3 is 0 Å². The van der Waals surface area contributed by atoms with E-state index in [1.54, 1.807) is 0 Å². The van der Waals surface area contributed by atoms with E-state index >= 15 is 0 Å². The van der Waals surface area contributed by atoms with Crippen LogP contribution < -0.4 is 5.32 Å². The summed E-state index contributed by atoms with van der Waals surface area (Å²) in [4.78, 5) is 0. The summed E-state index contributed by atoms with van der Waals surface area (Å²) in [6.45, 7) is 9.59. The summed E-state index contributed by atoms with van der Waals surface area (Å²) < 4.78 is 0. The minimum Gasteiger partial charge on any atom is -0.389 e. The minimum atomic E-state index is -0.389. The van der Waals surface area contributed by atoms with Crippen LogP contribution in [-0.2, 0) is 0 Å². The van der Waals surface area contributed by atoms with Crippen LogP contribution in [0.4, 0.5) is 0 Å². The van der Waals surface area contributed by atoms with Crippen LogP contribution in [0.5, 0.6) is 0 Å². The van der Waals surface area contributed by atoms with Crippen LogP contribution in [0.25, 0.3) is 0 Å². The second-order valence-corrected chi connectivity index (χ2v) is 5.55. The largest absolute Gasteiger partial charge is 0.389 e. The second kappa shape index (κ2) is 3.58.